The van der Waals surface area contributed by atoms with E-state index in [2.05, 4.69) is 5.32 Å². The van der Waals surface area contributed by atoms with E-state index in [1.165, 1.54) is 0 Å². The zero-order valence-corrected chi connectivity index (χ0v) is 12.3. The Morgan fingerprint density at radius 2 is 2.20 bits per heavy atom. The van der Waals surface area contributed by atoms with Gasteiger partial charge in [-0.3, -0.25) is 4.79 Å². The first kappa shape index (κ1) is 16.5. The van der Waals surface area contributed by atoms with Crippen molar-refractivity contribution in [3.8, 4) is 5.75 Å². The van der Waals surface area contributed by atoms with Crippen LogP contribution in [0.2, 0.25) is 0 Å². The van der Waals surface area contributed by atoms with Crippen LogP contribution < -0.4 is 15.8 Å². The van der Waals surface area contributed by atoms with E-state index < -0.39 is 0 Å². The molecule has 0 radical (unpaired) electrons. The molecule has 20 heavy (non-hydrogen) atoms. The molecule has 0 unspecified atom stereocenters. The molecule has 1 aromatic rings. The van der Waals surface area contributed by atoms with Crippen molar-refractivity contribution in [3.05, 3.63) is 29.3 Å². The van der Waals surface area contributed by atoms with Crippen molar-refractivity contribution >= 4 is 5.91 Å². The van der Waals surface area contributed by atoms with Gasteiger partial charge in [0.25, 0.3) is 5.91 Å². The van der Waals surface area contributed by atoms with E-state index in [0.717, 1.165) is 29.7 Å². The maximum Gasteiger partial charge on any atom is 0.257 e. The molecule has 112 valence electrons. The Labute approximate surface area is 120 Å². The van der Waals surface area contributed by atoms with Crippen molar-refractivity contribution in [1.82, 2.24) is 5.32 Å². The Balaban J connectivity index is 2.42. The van der Waals surface area contributed by atoms with Gasteiger partial charge in [-0.1, -0.05) is 17.7 Å². The molecule has 0 aliphatic rings. The Morgan fingerprint density at radius 1 is 1.40 bits per heavy atom. The third kappa shape index (κ3) is 6.04. The van der Waals surface area contributed by atoms with Gasteiger partial charge in [0, 0.05) is 20.3 Å². The van der Waals surface area contributed by atoms with E-state index in [1.54, 1.807) is 7.11 Å². The molecule has 1 rings (SSSR count). The van der Waals surface area contributed by atoms with Crippen molar-refractivity contribution in [2.75, 3.05) is 33.4 Å². The number of amides is 1. The molecule has 5 nitrogen and oxygen atoms in total. The van der Waals surface area contributed by atoms with Crippen LogP contribution in [0, 0.1) is 6.92 Å². The van der Waals surface area contributed by atoms with Crippen molar-refractivity contribution in [1.29, 1.82) is 0 Å². The number of hydrogen-bond donors (Lipinski definition) is 2. The third-order valence-corrected chi connectivity index (χ3v) is 2.84. The second-order valence-electron chi connectivity index (χ2n) is 4.63. The first-order valence-corrected chi connectivity index (χ1v) is 6.85. The lowest BCUT2D eigenvalue weighted by atomic mass is 10.1. The highest BCUT2D eigenvalue weighted by atomic mass is 16.5. The standard InChI is InChI=1S/C15H24N2O3/c1-12-4-5-14(13(10-12)6-7-16)20-11-15(18)17-8-3-9-19-2/h4-5,10H,3,6-9,11,16H2,1-2H3,(H,17,18). The number of methoxy groups -OCH3 is 1. The lowest BCUT2D eigenvalue weighted by Gasteiger charge is -2.12. The summed E-state index contributed by atoms with van der Waals surface area (Å²) < 4.78 is 10.5. The van der Waals surface area contributed by atoms with Gasteiger partial charge in [0.05, 0.1) is 0 Å². The molecular formula is C15H24N2O3. The van der Waals surface area contributed by atoms with Gasteiger partial charge < -0.3 is 20.5 Å². The van der Waals surface area contributed by atoms with Crippen molar-refractivity contribution in [3.63, 3.8) is 0 Å². The summed E-state index contributed by atoms with van der Waals surface area (Å²) in [5, 5.41) is 2.78. The molecule has 0 heterocycles. The number of ether oxygens (including phenoxy) is 2. The van der Waals surface area contributed by atoms with Crippen LogP contribution in [0.15, 0.2) is 18.2 Å². The monoisotopic (exact) mass is 280 g/mol. The Hall–Kier alpha value is -1.59. The highest BCUT2D eigenvalue weighted by Crippen LogP contribution is 2.20. The number of nitrogens with two attached hydrogens (primary N) is 1. The number of aryl methyl sites for hydroxylation is 1. The molecule has 0 aliphatic heterocycles. The Morgan fingerprint density at radius 3 is 2.90 bits per heavy atom. The molecular weight excluding hydrogens is 256 g/mol. The van der Waals surface area contributed by atoms with Gasteiger partial charge >= 0.3 is 0 Å². The quantitative estimate of drug-likeness (QED) is 0.663. The van der Waals surface area contributed by atoms with Gasteiger partial charge in [-0.25, -0.2) is 0 Å². The van der Waals surface area contributed by atoms with Crippen molar-refractivity contribution in [2.45, 2.75) is 19.8 Å². The SMILES string of the molecule is COCCCNC(=O)COc1ccc(C)cc1CCN. The summed E-state index contributed by atoms with van der Waals surface area (Å²) in [6.07, 6.45) is 1.54. The Bertz CT molecular complexity index is 422. The summed E-state index contributed by atoms with van der Waals surface area (Å²) in [7, 11) is 1.64. The first-order valence-electron chi connectivity index (χ1n) is 6.85. The van der Waals surface area contributed by atoms with E-state index in [-0.39, 0.29) is 12.5 Å². The van der Waals surface area contributed by atoms with E-state index in [0.29, 0.717) is 19.7 Å². The minimum absolute atomic E-state index is 0.0214. The van der Waals surface area contributed by atoms with Gasteiger partial charge in [0.1, 0.15) is 5.75 Å². The van der Waals surface area contributed by atoms with Crippen LogP contribution in [0.3, 0.4) is 0 Å². The van der Waals surface area contributed by atoms with Crippen LogP contribution in [-0.4, -0.2) is 39.3 Å². The highest BCUT2D eigenvalue weighted by molar-refractivity contribution is 5.77. The van der Waals surface area contributed by atoms with Crippen LogP contribution in [0.25, 0.3) is 0 Å². The molecule has 0 spiro atoms. The van der Waals surface area contributed by atoms with Gasteiger partial charge in [-0.15, -0.1) is 0 Å². The molecule has 0 fully saturated rings. The molecule has 1 amide bonds. The zero-order valence-electron chi connectivity index (χ0n) is 12.3. The second kappa shape index (κ2) is 9.34. The number of carbonyl (C=O) groups excluding carboxylic acids is 1. The summed E-state index contributed by atoms with van der Waals surface area (Å²) in [4.78, 5) is 11.6. The predicted molar refractivity (Wildman–Crippen MR) is 78.9 cm³/mol. The molecule has 0 saturated carbocycles. The number of rotatable bonds is 9. The molecule has 0 atom stereocenters. The van der Waals surface area contributed by atoms with Crippen LogP contribution in [-0.2, 0) is 16.0 Å². The lowest BCUT2D eigenvalue weighted by molar-refractivity contribution is -0.123. The smallest absolute Gasteiger partial charge is 0.257 e. The number of nitrogens with one attached hydrogen (secondary N) is 1. The summed E-state index contributed by atoms with van der Waals surface area (Å²) in [5.74, 6) is 0.605. The van der Waals surface area contributed by atoms with Crippen LogP contribution >= 0.6 is 0 Å². The molecule has 0 aliphatic carbocycles. The number of carbonyl (C=O) groups is 1. The summed E-state index contributed by atoms with van der Waals surface area (Å²) >= 11 is 0. The molecule has 1 aromatic carbocycles. The topological polar surface area (TPSA) is 73.6 Å². The molecule has 0 saturated heterocycles. The highest BCUT2D eigenvalue weighted by Gasteiger charge is 2.06. The minimum Gasteiger partial charge on any atom is -0.483 e. The molecule has 0 aromatic heterocycles. The maximum absolute atomic E-state index is 11.6. The fourth-order valence-electron chi connectivity index (χ4n) is 1.84. The fraction of sp³-hybridized carbons (Fsp3) is 0.533. The predicted octanol–water partition coefficient (Wildman–Crippen LogP) is 1.03. The maximum atomic E-state index is 11.6. The van der Waals surface area contributed by atoms with Crippen LogP contribution in [0.4, 0.5) is 0 Å². The lowest BCUT2D eigenvalue weighted by Crippen LogP contribution is -2.30. The van der Waals surface area contributed by atoms with E-state index in [9.17, 15) is 4.79 Å². The average Bonchev–Trinajstić information content (AvgIpc) is 2.43. The molecule has 0 bridgehead atoms. The number of benzene rings is 1. The normalized spacial score (nSPS) is 10.3. The molecule has 5 heteroatoms. The summed E-state index contributed by atoms with van der Waals surface area (Å²) in [6, 6.07) is 5.89. The van der Waals surface area contributed by atoms with E-state index in [1.807, 2.05) is 25.1 Å². The zero-order chi connectivity index (χ0) is 14.8. The van der Waals surface area contributed by atoms with E-state index >= 15 is 0 Å². The minimum atomic E-state index is -0.125. The fourth-order valence-corrected chi connectivity index (χ4v) is 1.84. The van der Waals surface area contributed by atoms with Gasteiger partial charge in [-0.05, 0) is 37.9 Å². The van der Waals surface area contributed by atoms with Gasteiger partial charge in [0.2, 0.25) is 0 Å². The van der Waals surface area contributed by atoms with Crippen LogP contribution in [0.1, 0.15) is 17.5 Å². The number of hydrogen-bond acceptors (Lipinski definition) is 4. The van der Waals surface area contributed by atoms with Crippen molar-refractivity contribution in [2.24, 2.45) is 5.73 Å². The first-order chi connectivity index (χ1) is 9.67. The summed E-state index contributed by atoms with van der Waals surface area (Å²) in [5.41, 5.74) is 7.78. The van der Waals surface area contributed by atoms with Crippen LogP contribution in [0.5, 0.6) is 5.75 Å². The second-order valence-corrected chi connectivity index (χ2v) is 4.63. The Kier molecular flexibility index (Phi) is 7.69. The largest absolute Gasteiger partial charge is 0.483 e. The average molecular weight is 280 g/mol. The van der Waals surface area contributed by atoms with Gasteiger partial charge in [-0.2, -0.15) is 0 Å². The van der Waals surface area contributed by atoms with E-state index in [4.69, 9.17) is 15.2 Å². The van der Waals surface area contributed by atoms with Gasteiger partial charge in [0.15, 0.2) is 6.61 Å². The summed E-state index contributed by atoms with van der Waals surface area (Å²) in [6.45, 7) is 3.84. The molecule has 3 N–H and O–H groups in total. The third-order valence-electron chi connectivity index (χ3n) is 2.84. The van der Waals surface area contributed by atoms with Crippen molar-refractivity contribution < 1.29 is 14.3 Å².